The molecule has 0 aromatic heterocycles. The van der Waals surface area contributed by atoms with Crippen molar-refractivity contribution in [1.29, 1.82) is 0 Å². The van der Waals surface area contributed by atoms with Crippen LogP contribution in [-0.4, -0.2) is 48.6 Å². The fourth-order valence-electron chi connectivity index (χ4n) is 3.13. The topological polar surface area (TPSA) is 58.6 Å². The Hall–Kier alpha value is -2.25. The third kappa shape index (κ3) is 5.87. The van der Waals surface area contributed by atoms with Gasteiger partial charge < -0.3 is 15.0 Å². The van der Waals surface area contributed by atoms with Crippen molar-refractivity contribution in [3.05, 3.63) is 29.3 Å². The number of nitrogens with one attached hydrogen (secondary N) is 1. The van der Waals surface area contributed by atoms with Gasteiger partial charge in [0.05, 0.1) is 0 Å². The van der Waals surface area contributed by atoms with E-state index in [0.717, 1.165) is 11.1 Å². The van der Waals surface area contributed by atoms with Gasteiger partial charge in [-0.05, 0) is 36.8 Å². The van der Waals surface area contributed by atoms with Crippen LogP contribution in [-0.2, 0) is 15.0 Å². The molecule has 8 heteroatoms. The highest BCUT2D eigenvalue weighted by Gasteiger charge is 2.40. The van der Waals surface area contributed by atoms with Gasteiger partial charge in [-0.3, -0.25) is 9.59 Å². The first-order chi connectivity index (χ1) is 12.9. The van der Waals surface area contributed by atoms with E-state index in [-0.39, 0.29) is 43.9 Å². The molecule has 28 heavy (non-hydrogen) atoms. The average Bonchev–Trinajstić information content (AvgIpc) is 2.59. The number of rotatable bonds is 4. The zero-order valence-corrected chi connectivity index (χ0v) is 16.7. The lowest BCUT2D eigenvalue weighted by Crippen LogP contribution is -2.50. The first-order valence-corrected chi connectivity index (χ1v) is 9.27. The molecule has 1 saturated heterocycles. The molecule has 1 aromatic rings. The molecule has 2 rings (SSSR count). The monoisotopic (exact) mass is 400 g/mol. The van der Waals surface area contributed by atoms with E-state index in [2.05, 4.69) is 20.8 Å². The van der Waals surface area contributed by atoms with Crippen molar-refractivity contribution < 1.29 is 27.5 Å². The van der Waals surface area contributed by atoms with Gasteiger partial charge in [0, 0.05) is 19.1 Å². The number of hydrogen-bond acceptors (Lipinski definition) is 3. The van der Waals surface area contributed by atoms with Gasteiger partial charge in [0.2, 0.25) is 0 Å². The predicted molar refractivity (Wildman–Crippen MR) is 99.2 cm³/mol. The molecule has 0 saturated carbocycles. The Balaban J connectivity index is 1.88. The Morgan fingerprint density at radius 1 is 1.18 bits per heavy atom. The maximum Gasteiger partial charge on any atom is 0.471 e. The number of nitrogens with zero attached hydrogens (tertiary/aromatic N) is 1. The summed E-state index contributed by atoms with van der Waals surface area (Å²) in [6.07, 6.45) is -4.32. The van der Waals surface area contributed by atoms with Crippen LogP contribution in [0.15, 0.2) is 18.2 Å². The molecule has 0 aliphatic carbocycles. The Morgan fingerprint density at radius 2 is 1.79 bits per heavy atom. The van der Waals surface area contributed by atoms with Crippen LogP contribution < -0.4 is 10.1 Å². The summed E-state index contributed by atoms with van der Waals surface area (Å²) in [5.41, 5.74) is 1.97. The fraction of sp³-hybridized carbons (Fsp3) is 0.600. The van der Waals surface area contributed by atoms with Gasteiger partial charge in [-0.15, -0.1) is 0 Å². The number of aryl methyl sites for hydroxylation is 1. The number of carbonyl (C=O) groups is 2. The van der Waals surface area contributed by atoms with Crippen LogP contribution in [0.2, 0.25) is 0 Å². The molecule has 1 heterocycles. The summed E-state index contributed by atoms with van der Waals surface area (Å²) in [4.78, 5) is 25.0. The van der Waals surface area contributed by atoms with Crippen LogP contribution >= 0.6 is 0 Å². The molecular formula is C20H27F3N2O3. The normalized spacial score (nSPS) is 16.0. The first kappa shape index (κ1) is 22.0. The maximum atomic E-state index is 12.4. The van der Waals surface area contributed by atoms with E-state index in [0.29, 0.717) is 5.75 Å². The molecule has 2 amide bonds. The number of alkyl halides is 3. The van der Waals surface area contributed by atoms with Gasteiger partial charge in [0.25, 0.3) is 5.91 Å². The van der Waals surface area contributed by atoms with Crippen molar-refractivity contribution in [3.8, 4) is 5.75 Å². The van der Waals surface area contributed by atoms with Crippen molar-refractivity contribution in [3.63, 3.8) is 0 Å². The van der Waals surface area contributed by atoms with Crippen molar-refractivity contribution in [1.82, 2.24) is 10.2 Å². The number of piperidine rings is 1. The Bertz CT molecular complexity index is 718. The van der Waals surface area contributed by atoms with E-state index in [4.69, 9.17) is 4.74 Å². The summed E-state index contributed by atoms with van der Waals surface area (Å²) < 4.78 is 42.7. The Labute approximate surface area is 163 Å². The third-order valence-corrected chi connectivity index (χ3v) is 4.73. The molecule has 5 nitrogen and oxygen atoms in total. The summed E-state index contributed by atoms with van der Waals surface area (Å²) in [6.45, 7) is 8.62. The van der Waals surface area contributed by atoms with E-state index < -0.39 is 18.1 Å². The lowest BCUT2D eigenvalue weighted by atomic mass is 9.85. The minimum absolute atomic E-state index is 0.133. The van der Waals surface area contributed by atoms with Crippen LogP contribution in [0.1, 0.15) is 44.7 Å². The lowest BCUT2D eigenvalue weighted by Gasteiger charge is -2.32. The van der Waals surface area contributed by atoms with Crippen LogP contribution in [0.4, 0.5) is 13.2 Å². The first-order valence-electron chi connectivity index (χ1n) is 9.27. The second kappa shape index (κ2) is 8.41. The quantitative estimate of drug-likeness (QED) is 0.843. The highest BCUT2D eigenvalue weighted by molar-refractivity contribution is 5.82. The van der Waals surface area contributed by atoms with E-state index in [1.54, 1.807) is 4.90 Å². The Kier molecular flexibility index (Phi) is 6.62. The van der Waals surface area contributed by atoms with Crippen LogP contribution in [0.5, 0.6) is 5.75 Å². The summed E-state index contributed by atoms with van der Waals surface area (Å²) in [6, 6.07) is 5.23. The van der Waals surface area contributed by atoms with Crippen LogP contribution in [0.25, 0.3) is 0 Å². The van der Waals surface area contributed by atoms with Gasteiger partial charge in [0.1, 0.15) is 5.75 Å². The summed E-state index contributed by atoms with van der Waals surface area (Å²) in [5, 5.41) is 1.97. The predicted octanol–water partition coefficient (Wildman–Crippen LogP) is 3.34. The van der Waals surface area contributed by atoms with Gasteiger partial charge in [0.15, 0.2) is 6.61 Å². The number of hydrogen-bond donors (Lipinski definition) is 1. The SMILES string of the molecule is Cc1ccc(OCC(=O)N2CCC(NC(=O)C(F)(F)F)CC2)c(C(C)(C)C)c1. The number of ether oxygens (including phenoxy) is 1. The second-order valence-corrected chi connectivity index (χ2v) is 8.16. The largest absolute Gasteiger partial charge is 0.483 e. The zero-order valence-electron chi connectivity index (χ0n) is 16.7. The number of carbonyl (C=O) groups excluding carboxylic acids is 2. The van der Waals surface area contributed by atoms with Crippen LogP contribution in [0.3, 0.4) is 0 Å². The van der Waals surface area contributed by atoms with Gasteiger partial charge in [-0.2, -0.15) is 13.2 Å². The average molecular weight is 400 g/mol. The van der Waals surface area contributed by atoms with E-state index in [9.17, 15) is 22.8 Å². The van der Waals surface area contributed by atoms with Crippen molar-refractivity contribution in [2.24, 2.45) is 0 Å². The summed E-state index contributed by atoms with van der Waals surface area (Å²) in [7, 11) is 0. The minimum Gasteiger partial charge on any atom is -0.483 e. The maximum absolute atomic E-state index is 12.4. The van der Waals surface area contributed by atoms with Crippen LogP contribution in [0, 0.1) is 6.92 Å². The van der Waals surface area contributed by atoms with Crippen molar-refractivity contribution in [2.75, 3.05) is 19.7 Å². The standard InChI is InChI=1S/C20H27F3N2O3/c1-13-5-6-16(15(11-13)19(2,3)4)28-12-17(26)25-9-7-14(8-10-25)24-18(27)20(21,22)23/h5-6,11,14H,7-10,12H2,1-4H3,(H,24,27). The van der Waals surface area contributed by atoms with E-state index in [1.807, 2.05) is 30.4 Å². The molecule has 156 valence electrons. The summed E-state index contributed by atoms with van der Waals surface area (Å²) >= 11 is 0. The zero-order chi connectivity index (χ0) is 21.1. The molecule has 0 spiro atoms. The molecule has 0 radical (unpaired) electrons. The number of amides is 2. The molecule has 1 fully saturated rings. The molecule has 1 aliphatic heterocycles. The number of benzene rings is 1. The lowest BCUT2D eigenvalue weighted by molar-refractivity contribution is -0.174. The van der Waals surface area contributed by atoms with E-state index >= 15 is 0 Å². The van der Waals surface area contributed by atoms with E-state index in [1.165, 1.54) is 0 Å². The molecule has 0 unspecified atom stereocenters. The smallest absolute Gasteiger partial charge is 0.471 e. The number of halogens is 3. The molecule has 1 N–H and O–H groups in total. The number of likely N-dealkylation sites (tertiary alicyclic amines) is 1. The van der Waals surface area contributed by atoms with Gasteiger partial charge in [-0.25, -0.2) is 0 Å². The highest BCUT2D eigenvalue weighted by Crippen LogP contribution is 2.32. The molecular weight excluding hydrogens is 373 g/mol. The fourth-order valence-corrected chi connectivity index (χ4v) is 3.13. The van der Waals surface area contributed by atoms with Gasteiger partial charge in [-0.1, -0.05) is 38.5 Å². The van der Waals surface area contributed by atoms with Gasteiger partial charge >= 0.3 is 12.1 Å². The molecule has 0 atom stereocenters. The second-order valence-electron chi connectivity index (χ2n) is 8.16. The molecule has 1 aliphatic rings. The van der Waals surface area contributed by atoms with Crippen molar-refractivity contribution >= 4 is 11.8 Å². The molecule has 0 bridgehead atoms. The minimum atomic E-state index is -4.89. The molecule has 1 aromatic carbocycles. The highest BCUT2D eigenvalue weighted by atomic mass is 19.4. The van der Waals surface area contributed by atoms with Crippen molar-refractivity contribution in [2.45, 2.75) is 58.2 Å². The third-order valence-electron chi connectivity index (χ3n) is 4.73. The Morgan fingerprint density at radius 3 is 2.32 bits per heavy atom. The summed E-state index contributed by atoms with van der Waals surface area (Å²) in [5.74, 6) is -1.51.